The number of hydrogen-bond donors (Lipinski definition) is 3. The van der Waals surface area contributed by atoms with E-state index in [1.807, 2.05) is 0 Å². The molecule has 1 unspecified atom stereocenters. The minimum atomic E-state index is -0.449. The van der Waals surface area contributed by atoms with Gasteiger partial charge in [0.2, 0.25) is 11.8 Å². The first-order valence-corrected chi connectivity index (χ1v) is 7.83. The Balaban J connectivity index is 1.53. The predicted molar refractivity (Wildman–Crippen MR) is 83.2 cm³/mol. The van der Waals surface area contributed by atoms with E-state index in [4.69, 9.17) is 0 Å². The lowest BCUT2D eigenvalue weighted by molar-refractivity contribution is -0.128. The van der Waals surface area contributed by atoms with Crippen LogP contribution in [-0.4, -0.2) is 34.4 Å². The Morgan fingerprint density at radius 1 is 1.39 bits per heavy atom. The van der Waals surface area contributed by atoms with Gasteiger partial charge in [-0.15, -0.1) is 0 Å². The number of nitrogens with one attached hydrogen (secondary N) is 3. The Morgan fingerprint density at radius 2 is 2.26 bits per heavy atom. The number of amides is 2. The van der Waals surface area contributed by atoms with E-state index < -0.39 is 6.04 Å². The van der Waals surface area contributed by atoms with E-state index >= 15 is 0 Å². The highest BCUT2D eigenvalue weighted by atomic mass is 19.1. The molecule has 1 aromatic heterocycles. The molecule has 2 aromatic rings. The lowest BCUT2D eigenvalue weighted by Crippen LogP contribution is -2.46. The maximum atomic E-state index is 13.1. The molecule has 0 aliphatic carbocycles. The molecule has 7 heteroatoms. The highest BCUT2D eigenvalue weighted by molar-refractivity contribution is 5.87. The molecule has 1 aliphatic rings. The van der Waals surface area contributed by atoms with Crippen molar-refractivity contribution in [2.45, 2.75) is 38.1 Å². The van der Waals surface area contributed by atoms with Gasteiger partial charge in [0.15, 0.2) is 0 Å². The number of halogens is 1. The van der Waals surface area contributed by atoms with Crippen molar-refractivity contribution in [3.8, 4) is 0 Å². The largest absolute Gasteiger partial charge is 0.354 e. The van der Waals surface area contributed by atoms with Crippen LogP contribution in [0.25, 0.3) is 11.0 Å². The van der Waals surface area contributed by atoms with Gasteiger partial charge in [-0.25, -0.2) is 9.37 Å². The third-order valence-corrected chi connectivity index (χ3v) is 3.95. The van der Waals surface area contributed by atoms with Crippen LogP contribution in [0, 0.1) is 5.82 Å². The standard InChI is InChI=1S/C16H19FN4O2/c17-10-5-6-11-13(9-10)20-14(19-11)7-8-18-16(23)12-3-1-2-4-15(22)21-12/h5-6,9,12H,1-4,7-8H2,(H,18,23)(H,19,20)(H,21,22). The van der Waals surface area contributed by atoms with Crippen molar-refractivity contribution in [2.75, 3.05) is 6.54 Å². The molecule has 2 heterocycles. The second kappa shape index (κ2) is 6.76. The van der Waals surface area contributed by atoms with Gasteiger partial charge < -0.3 is 15.6 Å². The molecule has 0 spiro atoms. The lowest BCUT2D eigenvalue weighted by Gasteiger charge is -2.15. The quantitative estimate of drug-likeness (QED) is 0.797. The van der Waals surface area contributed by atoms with Crippen LogP contribution in [-0.2, 0) is 16.0 Å². The first-order chi connectivity index (χ1) is 11.1. The number of rotatable bonds is 4. The number of fused-ring (bicyclic) bond motifs is 1. The average molecular weight is 318 g/mol. The number of imidazole rings is 1. The van der Waals surface area contributed by atoms with E-state index in [2.05, 4.69) is 20.6 Å². The Morgan fingerprint density at radius 3 is 3.13 bits per heavy atom. The first kappa shape index (κ1) is 15.5. The van der Waals surface area contributed by atoms with Gasteiger partial charge in [0.25, 0.3) is 0 Å². The summed E-state index contributed by atoms with van der Waals surface area (Å²) >= 11 is 0. The summed E-state index contributed by atoms with van der Waals surface area (Å²) in [6, 6.07) is 3.92. The zero-order chi connectivity index (χ0) is 16.2. The molecule has 2 amide bonds. The molecule has 3 N–H and O–H groups in total. The van der Waals surface area contributed by atoms with Crippen LogP contribution in [0.15, 0.2) is 18.2 Å². The summed E-state index contributed by atoms with van der Waals surface area (Å²) in [4.78, 5) is 31.0. The summed E-state index contributed by atoms with van der Waals surface area (Å²) in [6.45, 7) is 0.410. The van der Waals surface area contributed by atoms with Crippen LogP contribution in [0.2, 0.25) is 0 Å². The molecule has 1 aromatic carbocycles. The molecule has 0 bridgehead atoms. The molecule has 23 heavy (non-hydrogen) atoms. The molecule has 6 nitrogen and oxygen atoms in total. The van der Waals surface area contributed by atoms with E-state index in [0.29, 0.717) is 42.7 Å². The van der Waals surface area contributed by atoms with Crippen molar-refractivity contribution < 1.29 is 14.0 Å². The number of aromatic nitrogens is 2. The van der Waals surface area contributed by atoms with Gasteiger partial charge in [0.1, 0.15) is 17.7 Å². The molecule has 1 fully saturated rings. The summed E-state index contributed by atoms with van der Waals surface area (Å²) in [5, 5.41) is 5.56. The van der Waals surface area contributed by atoms with Crippen LogP contribution in [0.4, 0.5) is 4.39 Å². The smallest absolute Gasteiger partial charge is 0.242 e. The topological polar surface area (TPSA) is 86.9 Å². The Labute approximate surface area is 132 Å². The number of hydrogen-bond acceptors (Lipinski definition) is 3. The van der Waals surface area contributed by atoms with Gasteiger partial charge in [-0.05, 0) is 31.0 Å². The van der Waals surface area contributed by atoms with E-state index in [1.54, 1.807) is 6.07 Å². The van der Waals surface area contributed by atoms with Crippen molar-refractivity contribution in [1.29, 1.82) is 0 Å². The van der Waals surface area contributed by atoms with Crippen LogP contribution >= 0.6 is 0 Å². The van der Waals surface area contributed by atoms with Crippen LogP contribution in [0.1, 0.15) is 31.5 Å². The predicted octanol–water partition coefficient (Wildman–Crippen LogP) is 1.42. The zero-order valence-electron chi connectivity index (χ0n) is 12.7. The Hall–Kier alpha value is -2.44. The molecule has 1 atom stereocenters. The lowest BCUT2D eigenvalue weighted by atomic mass is 10.1. The fourth-order valence-corrected chi connectivity index (χ4v) is 2.75. The number of nitrogens with zero attached hydrogens (tertiary/aromatic N) is 1. The van der Waals surface area contributed by atoms with Gasteiger partial charge in [0.05, 0.1) is 11.0 Å². The number of H-pyrrole nitrogens is 1. The fourth-order valence-electron chi connectivity index (χ4n) is 2.75. The molecule has 1 saturated heterocycles. The van der Waals surface area contributed by atoms with Crippen molar-refractivity contribution in [3.63, 3.8) is 0 Å². The van der Waals surface area contributed by atoms with Crippen molar-refractivity contribution in [2.24, 2.45) is 0 Å². The second-order valence-electron chi connectivity index (χ2n) is 5.75. The SMILES string of the molecule is O=C1CCCCC(C(=O)NCCc2nc3ccc(F)cc3[nH]2)N1. The number of aromatic amines is 1. The zero-order valence-corrected chi connectivity index (χ0v) is 12.7. The summed E-state index contributed by atoms with van der Waals surface area (Å²) in [5.41, 5.74) is 1.34. The molecule has 0 saturated carbocycles. The van der Waals surface area contributed by atoms with Crippen LogP contribution < -0.4 is 10.6 Å². The maximum Gasteiger partial charge on any atom is 0.242 e. The molecule has 3 rings (SSSR count). The minimum Gasteiger partial charge on any atom is -0.354 e. The van der Waals surface area contributed by atoms with Crippen molar-refractivity contribution in [1.82, 2.24) is 20.6 Å². The third kappa shape index (κ3) is 3.85. The molecule has 0 radical (unpaired) electrons. The third-order valence-electron chi connectivity index (χ3n) is 3.95. The van der Waals surface area contributed by atoms with Gasteiger partial charge >= 0.3 is 0 Å². The number of carbonyl (C=O) groups is 2. The molecule has 122 valence electrons. The Kier molecular flexibility index (Phi) is 4.55. The van der Waals surface area contributed by atoms with E-state index in [9.17, 15) is 14.0 Å². The normalized spacial score (nSPS) is 18.5. The highest BCUT2D eigenvalue weighted by Crippen LogP contribution is 2.13. The van der Waals surface area contributed by atoms with Crippen molar-refractivity contribution >= 4 is 22.8 Å². The second-order valence-corrected chi connectivity index (χ2v) is 5.75. The summed E-state index contributed by atoms with van der Waals surface area (Å²) in [7, 11) is 0. The number of carbonyl (C=O) groups excluding carboxylic acids is 2. The molecular formula is C16H19FN4O2. The van der Waals surface area contributed by atoms with Crippen molar-refractivity contribution in [3.05, 3.63) is 29.8 Å². The van der Waals surface area contributed by atoms with Crippen LogP contribution in [0.5, 0.6) is 0 Å². The van der Waals surface area contributed by atoms with Gasteiger partial charge in [-0.3, -0.25) is 9.59 Å². The van der Waals surface area contributed by atoms with Gasteiger partial charge in [-0.2, -0.15) is 0 Å². The summed E-state index contributed by atoms with van der Waals surface area (Å²) < 4.78 is 13.1. The summed E-state index contributed by atoms with van der Waals surface area (Å²) in [6.07, 6.45) is 3.36. The van der Waals surface area contributed by atoms with Gasteiger partial charge in [-0.1, -0.05) is 6.42 Å². The maximum absolute atomic E-state index is 13.1. The van der Waals surface area contributed by atoms with E-state index in [0.717, 1.165) is 12.8 Å². The monoisotopic (exact) mass is 318 g/mol. The van der Waals surface area contributed by atoms with E-state index in [1.165, 1.54) is 12.1 Å². The Bertz CT molecular complexity index is 728. The molecule has 1 aliphatic heterocycles. The highest BCUT2D eigenvalue weighted by Gasteiger charge is 2.22. The minimum absolute atomic E-state index is 0.0676. The molecular weight excluding hydrogens is 299 g/mol. The summed E-state index contributed by atoms with van der Waals surface area (Å²) in [5.74, 6) is 0.144. The fraction of sp³-hybridized carbons (Fsp3) is 0.438. The number of benzene rings is 1. The van der Waals surface area contributed by atoms with Crippen LogP contribution in [0.3, 0.4) is 0 Å². The van der Waals surface area contributed by atoms with E-state index in [-0.39, 0.29) is 17.6 Å². The van der Waals surface area contributed by atoms with Gasteiger partial charge in [0, 0.05) is 19.4 Å². The average Bonchev–Trinajstić information content (AvgIpc) is 2.78. The first-order valence-electron chi connectivity index (χ1n) is 7.83.